The van der Waals surface area contributed by atoms with Crippen molar-refractivity contribution in [3.8, 4) is 0 Å². The van der Waals surface area contributed by atoms with Gasteiger partial charge in [-0.2, -0.15) is 0 Å². The van der Waals surface area contributed by atoms with E-state index in [1.165, 1.54) is 23.5 Å². The summed E-state index contributed by atoms with van der Waals surface area (Å²) in [6.07, 6.45) is 3.46. The van der Waals surface area contributed by atoms with Gasteiger partial charge in [0.2, 0.25) is 0 Å². The molecule has 0 amide bonds. The van der Waals surface area contributed by atoms with Crippen molar-refractivity contribution < 1.29 is 4.39 Å². The minimum atomic E-state index is -0.243. The Bertz CT molecular complexity index is 708. The van der Waals surface area contributed by atoms with Gasteiger partial charge in [0.1, 0.15) is 5.82 Å². The predicted molar refractivity (Wildman–Crippen MR) is 73.7 cm³/mol. The molecular formula is C13H11FN4S. The first-order chi connectivity index (χ1) is 9.20. The van der Waals surface area contributed by atoms with E-state index in [2.05, 4.69) is 20.3 Å². The lowest BCUT2D eigenvalue weighted by atomic mass is 10.3. The van der Waals surface area contributed by atoms with Gasteiger partial charge in [-0.3, -0.25) is 9.97 Å². The summed E-state index contributed by atoms with van der Waals surface area (Å²) in [6.45, 7) is 2.45. The van der Waals surface area contributed by atoms with Gasteiger partial charge in [0, 0.05) is 6.20 Å². The molecule has 0 bridgehead atoms. The highest BCUT2D eigenvalue weighted by molar-refractivity contribution is 7.22. The van der Waals surface area contributed by atoms with Crippen LogP contribution in [0, 0.1) is 12.7 Å². The van der Waals surface area contributed by atoms with Crippen molar-refractivity contribution in [2.75, 3.05) is 5.32 Å². The maximum atomic E-state index is 13.1. The molecule has 6 heteroatoms. The molecule has 0 aliphatic heterocycles. The summed E-state index contributed by atoms with van der Waals surface area (Å²) in [5.74, 6) is -0.243. The van der Waals surface area contributed by atoms with Crippen LogP contribution in [0.25, 0.3) is 10.2 Å². The largest absolute Gasteiger partial charge is 0.356 e. The summed E-state index contributed by atoms with van der Waals surface area (Å²) in [4.78, 5) is 12.8. The molecule has 1 N–H and O–H groups in total. The fraction of sp³-hybridized carbons (Fsp3) is 0.154. The molecule has 2 aromatic heterocycles. The fourth-order valence-corrected chi connectivity index (χ4v) is 2.54. The number of anilines is 1. The lowest BCUT2D eigenvalue weighted by molar-refractivity contribution is 0.630. The minimum Gasteiger partial charge on any atom is -0.356 e. The van der Waals surface area contributed by atoms with Gasteiger partial charge in [-0.15, -0.1) is 0 Å². The number of nitrogens with one attached hydrogen (secondary N) is 1. The molecule has 0 saturated carbocycles. The van der Waals surface area contributed by atoms with Crippen molar-refractivity contribution in [1.82, 2.24) is 15.0 Å². The number of aromatic nitrogens is 3. The highest BCUT2D eigenvalue weighted by Gasteiger charge is 2.05. The number of nitrogens with zero attached hydrogens (tertiary/aromatic N) is 3. The molecule has 19 heavy (non-hydrogen) atoms. The van der Waals surface area contributed by atoms with Gasteiger partial charge in [-0.1, -0.05) is 11.3 Å². The average molecular weight is 274 g/mol. The second kappa shape index (κ2) is 4.89. The van der Waals surface area contributed by atoms with E-state index in [1.54, 1.807) is 18.5 Å². The van der Waals surface area contributed by atoms with Crippen molar-refractivity contribution in [2.45, 2.75) is 13.5 Å². The molecule has 0 unspecified atom stereocenters. The molecule has 4 nitrogen and oxygen atoms in total. The van der Waals surface area contributed by atoms with Crippen LogP contribution in [0.2, 0.25) is 0 Å². The lowest BCUT2D eigenvalue weighted by Crippen LogP contribution is -2.02. The maximum Gasteiger partial charge on any atom is 0.184 e. The van der Waals surface area contributed by atoms with Crippen LogP contribution < -0.4 is 5.32 Å². The van der Waals surface area contributed by atoms with E-state index < -0.39 is 0 Å². The molecular weight excluding hydrogens is 263 g/mol. The van der Waals surface area contributed by atoms with Crippen molar-refractivity contribution in [2.24, 2.45) is 0 Å². The molecule has 0 fully saturated rings. The van der Waals surface area contributed by atoms with Gasteiger partial charge < -0.3 is 5.32 Å². The summed E-state index contributed by atoms with van der Waals surface area (Å²) >= 11 is 1.42. The minimum absolute atomic E-state index is 0.243. The normalized spacial score (nSPS) is 10.8. The second-order valence-corrected chi connectivity index (χ2v) is 5.16. The molecule has 0 radical (unpaired) electrons. The Morgan fingerprint density at radius 2 is 2.16 bits per heavy atom. The van der Waals surface area contributed by atoms with Crippen molar-refractivity contribution in [1.29, 1.82) is 0 Å². The van der Waals surface area contributed by atoms with Gasteiger partial charge in [0.05, 0.1) is 34.3 Å². The number of benzene rings is 1. The molecule has 0 saturated heterocycles. The molecule has 3 aromatic rings. The first kappa shape index (κ1) is 12.0. The lowest BCUT2D eigenvalue weighted by Gasteiger charge is -2.01. The molecule has 3 rings (SSSR count). The van der Waals surface area contributed by atoms with Crippen LogP contribution in [0.15, 0.2) is 30.6 Å². The molecule has 0 atom stereocenters. The maximum absolute atomic E-state index is 13.1. The zero-order valence-corrected chi connectivity index (χ0v) is 11.0. The predicted octanol–water partition coefficient (Wildman–Crippen LogP) is 3.15. The Hall–Kier alpha value is -2.08. The molecule has 1 aromatic carbocycles. The number of hydrogen-bond acceptors (Lipinski definition) is 5. The number of rotatable bonds is 3. The smallest absolute Gasteiger partial charge is 0.184 e. The van der Waals surface area contributed by atoms with Crippen LogP contribution in [-0.4, -0.2) is 15.0 Å². The average Bonchev–Trinajstić information content (AvgIpc) is 2.80. The third-order valence-electron chi connectivity index (χ3n) is 2.61. The summed E-state index contributed by atoms with van der Waals surface area (Å²) in [5, 5.41) is 3.92. The molecule has 0 aliphatic rings. The molecule has 96 valence electrons. The van der Waals surface area contributed by atoms with Crippen LogP contribution in [0.4, 0.5) is 9.52 Å². The van der Waals surface area contributed by atoms with Crippen LogP contribution in [0.5, 0.6) is 0 Å². The number of thiazole rings is 1. The summed E-state index contributed by atoms with van der Waals surface area (Å²) in [7, 11) is 0. The van der Waals surface area contributed by atoms with E-state index in [0.717, 1.165) is 26.7 Å². The number of aryl methyl sites for hydroxylation is 1. The standard InChI is InChI=1S/C13H11FN4S/c1-8-5-16-10(6-15-8)7-17-13-18-11-3-2-9(14)4-12(11)19-13/h2-6H,7H2,1H3,(H,17,18). The van der Waals surface area contributed by atoms with Gasteiger partial charge in [-0.05, 0) is 25.1 Å². The molecule has 0 spiro atoms. The van der Waals surface area contributed by atoms with E-state index in [1.807, 2.05) is 6.92 Å². The number of halogens is 1. The van der Waals surface area contributed by atoms with E-state index in [-0.39, 0.29) is 5.82 Å². The van der Waals surface area contributed by atoms with Crippen molar-refractivity contribution in [3.05, 3.63) is 47.8 Å². The van der Waals surface area contributed by atoms with E-state index in [0.29, 0.717) is 6.54 Å². The fourth-order valence-electron chi connectivity index (χ4n) is 1.65. The SMILES string of the molecule is Cc1cnc(CNc2nc3ccc(F)cc3s2)cn1. The van der Waals surface area contributed by atoms with Gasteiger partial charge in [0.15, 0.2) is 5.13 Å². The van der Waals surface area contributed by atoms with Crippen molar-refractivity contribution in [3.63, 3.8) is 0 Å². The van der Waals surface area contributed by atoms with E-state index in [4.69, 9.17) is 0 Å². The second-order valence-electron chi connectivity index (χ2n) is 4.13. The van der Waals surface area contributed by atoms with Crippen molar-refractivity contribution >= 4 is 26.7 Å². The molecule has 0 aliphatic carbocycles. The summed E-state index contributed by atoms with van der Waals surface area (Å²) < 4.78 is 13.9. The highest BCUT2D eigenvalue weighted by atomic mass is 32.1. The summed E-state index contributed by atoms with van der Waals surface area (Å²) in [6, 6.07) is 4.58. The van der Waals surface area contributed by atoms with Gasteiger partial charge >= 0.3 is 0 Å². The highest BCUT2D eigenvalue weighted by Crippen LogP contribution is 2.26. The third kappa shape index (κ3) is 2.68. The van der Waals surface area contributed by atoms with Gasteiger partial charge in [0.25, 0.3) is 0 Å². The van der Waals surface area contributed by atoms with Crippen LogP contribution in [-0.2, 0) is 6.54 Å². The van der Waals surface area contributed by atoms with Crippen LogP contribution in [0.1, 0.15) is 11.4 Å². The van der Waals surface area contributed by atoms with Gasteiger partial charge in [-0.25, -0.2) is 9.37 Å². The zero-order chi connectivity index (χ0) is 13.2. The van der Waals surface area contributed by atoms with Crippen LogP contribution in [0.3, 0.4) is 0 Å². The Labute approximate surface area is 113 Å². The number of fused-ring (bicyclic) bond motifs is 1. The number of hydrogen-bond donors (Lipinski definition) is 1. The topological polar surface area (TPSA) is 50.7 Å². The third-order valence-corrected chi connectivity index (χ3v) is 3.58. The monoisotopic (exact) mass is 274 g/mol. The first-order valence-corrected chi connectivity index (χ1v) is 6.60. The van der Waals surface area contributed by atoms with Crippen LogP contribution >= 0.6 is 11.3 Å². The quantitative estimate of drug-likeness (QED) is 0.797. The summed E-state index contributed by atoms with van der Waals surface area (Å²) in [5.41, 5.74) is 2.53. The molecule has 2 heterocycles. The van der Waals surface area contributed by atoms with E-state index >= 15 is 0 Å². The first-order valence-electron chi connectivity index (χ1n) is 5.78. The Morgan fingerprint density at radius 1 is 1.26 bits per heavy atom. The Balaban J connectivity index is 1.76. The Morgan fingerprint density at radius 3 is 2.95 bits per heavy atom. The zero-order valence-electron chi connectivity index (χ0n) is 10.2. The Kier molecular flexibility index (Phi) is 3.08. The van der Waals surface area contributed by atoms with E-state index in [9.17, 15) is 4.39 Å².